The van der Waals surface area contributed by atoms with Gasteiger partial charge in [0.1, 0.15) is 6.07 Å². The second kappa shape index (κ2) is 5.77. The Balaban J connectivity index is 1.91. The van der Waals surface area contributed by atoms with E-state index in [1.165, 1.54) is 6.20 Å². The van der Waals surface area contributed by atoms with Crippen molar-refractivity contribution in [3.05, 3.63) is 53.3 Å². The van der Waals surface area contributed by atoms with Crippen LogP contribution in [0, 0.1) is 11.3 Å². The molecule has 1 aliphatic carbocycles. The molecule has 2 heterocycles. The number of aliphatic imine (C=N–C) groups is 1. The number of fused-ring (bicyclic) bond motifs is 2. The number of nitriles is 1. The predicted octanol–water partition coefficient (Wildman–Crippen LogP) is 3.13. The van der Waals surface area contributed by atoms with Gasteiger partial charge >= 0.3 is 5.92 Å². The van der Waals surface area contributed by atoms with E-state index in [9.17, 15) is 8.78 Å². The number of alkyl halides is 2. The number of hydrogen-bond acceptors (Lipinski definition) is 5. The third-order valence-electron chi connectivity index (χ3n) is 5.05. The Morgan fingerprint density at radius 1 is 1.19 bits per heavy atom. The molecular weight excluding hydrogens is 338 g/mol. The molecule has 0 fully saturated rings. The number of hydrogen-bond donors (Lipinski definition) is 1. The Labute approximate surface area is 149 Å². The minimum Gasteiger partial charge on any atom is -0.459 e. The molecule has 132 valence electrons. The molecule has 1 aliphatic heterocycles. The van der Waals surface area contributed by atoms with Crippen molar-refractivity contribution in [2.24, 2.45) is 10.7 Å². The van der Waals surface area contributed by atoms with Gasteiger partial charge in [-0.1, -0.05) is 12.1 Å². The summed E-state index contributed by atoms with van der Waals surface area (Å²) in [4.78, 5) is 8.14. The van der Waals surface area contributed by atoms with Crippen molar-refractivity contribution >= 4 is 6.02 Å². The molecule has 2 aromatic rings. The van der Waals surface area contributed by atoms with E-state index in [1.54, 1.807) is 18.3 Å². The van der Waals surface area contributed by atoms with Crippen molar-refractivity contribution in [1.29, 1.82) is 5.26 Å². The van der Waals surface area contributed by atoms with Crippen LogP contribution < -0.4 is 5.73 Å². The Bertz CT molecular complexity index is 951. The van der Waals surface area contributed by atoms with Crippen molar-refractivity contribution in [1.82, 2.24) is 4.98 Å². The zero-order valence-electron chi connectivity index (χ0n) is 13.9. The van der Waals surface area contributed by atoms with Crippen LogP contribution >= 0.6 is 0 Å². The van der Waals surface area contributed by atoms with Gasteiger partial charge in [0.25, 0.3) is 6.02 Å². The number of aromatic nitrogens is 1. The fourth-order valence-corrected chi connectivity index (χ4v) is 3.77. The summed E-state index contributed by atoms with van der Waals surface area (Å²) in [6, 6.07) is 8.95. The molecule has 0 bridgehead atoms. The molecule has 0 unspecified atom stereocenters. The molecule has 2 aliphatic rings. The number of rotatable bonds is 1. The number of halogens is 2. The number of ether oxygens (including phenoxy) is 1. The molecule has 2 N–H and O–H groups in total. The predicted molar refractivity (Wildman–Crippen MR) is 91.5 cm³/mol. The first-order chi connectivity index (χ1) is 12.4. The van der Waals surface area contributed by atoms with Crippen LogP contribution in [-0.4, -0.2) is 23.5 Å². The van der Waals surface area contributed by atoms with Crippen LogP contribution in [-0.2, 0) is 16.7 Å². The van der Waals surface area contributed by atoms with Gasteiger partial charge in [0, 0.05) is 18.0 Å². The molecule has 1 aromatic carbocycles. The molecule has 26 heavy (non-hydrogen) atoms. The highest BCUT2D eigenvalue weighted by Crippen LogP contribution is 2.51. The third-order valence-corrected chi connectivity index (χ3v) is 5.05. The summed E-state index contributed by atoms with van der Waals surface area (Å²) in [6.45, 7) is -0.780. The van der Waals surface area contributed by atoms with Gasteiger partial charge in [-0.25, -0.2) is 4.99 Å². The molecule has 1 spiro atoms. The molecule has 0 saturated heterocycles. The van der Waals surface area contributed by atoms with Gasteiger partial charge in [-0.05, 0) is 48.1 Å². The fourth-order valence-electron chi connectivity index (χ4n) is 3.77. The van der Waals surface area contributed by atoms with Crippen molar-refractivity contribution in [2.45, 2.75) is 30.7 Å². The average Bonchev–Trinajstić information content (AvgIpc) is 2.65. The second-order valence-corrected chi connectivity index (χ2v) is 6.60. The van der Waals surface area contributed by atoms with Gasteiger partial charge in [-0.3, -0.25) is 4.98 Å². The maximum atomic E-state index is 14.9. The summed E-state index contributed by atoms with van der Waals surface area (Å²) in [5, 5.41) is 9.06. The highest BCUT2D eigenvalue weighted by Gasteiger charge is 2.59. The number of pyridine rings is 1. The van der Waals surface area contributed by atoms with Crippen LogP contribution in [0.15, 0.2) is 41.7 Å². The summed E-state index contributed by atoms with van der Waals surface area (Å²) in [6.07, 6.45) is 4.58. The first-order valence-corrected chi connectivity index (χ1v) is 8.30. The Kier molecular flexibility index (Phi) is 3.65. The number of benzene rings is 1. The van der Waals surface area contributed by atoms with Crippen LogP contribution in [0.5, 0.6) is 0 Å². The summed E-state index contributed by atoms with van der Waals surface area (Å²) >= 11 is 0. The zero-order chi connectivity index (χ0) is 18.4. The molecule has 5 nitrogen and oxygen atoms in total. The smallest absolute Gasteiger partial charge is 0.310 e. The van der Waals surface area contributed by atoms with Crippen LogP contribution in [0.1, 0.15) is 29.5 Å². The fraction of sp³-hybridized carbons (Fsp3) is 0.316. The van der Waals surface area contributed by atoms with Crippen LogP contribution in [0.25, 0.3) is 11.1 Å². The SMILES string of the molecule is N#Cc1cncc(-c2ccc3c(c2)[C@@]2(CCC3)N=C(N)OCC2(F)F)c1. The molecule has 1 aromatic heterocycles. The number of nitrogens with zero attached hydrogens (tertiary/aromatic N) is 3. The van der Waals surface area contributed by atoms with Crippen molar-refractivity contribution in [3.8, 4) is 17.2 Å². The van der Waals surface area contributed by atoms with Crippen molar-refractivity contribution < 1.29 is 13.5 Å². The highest BCUT2D eigenvalue weighted by molar-refractivity contribution is 5.74. The van der Waals surface area contributed by atoms with Crippen LogP contribution in [0.3, 0.4) is 0 Å². The quantitative estimate of drug-likeness (QED) is 0.853. The standard InChI is InChI=1S/C19H16F2N4O/c20-19(21)11-26-17(23)25-18(19)5-1-2-13-3-4-14(7-16(13)18)15-6-12(8-22)9-24-10-15/h3-4,6-7,9-10H,1-2,5,11H2,(H2,23,25)/t18-/m1/s1. The van der Waals surface area contributed by atoms with Crippen LogP contribution in [0.2, 0.25) is 0 Å². The molecule has 0 saturated carbocycles. The Hall–Kier alpha value is -3.01. The maximum absolute atomic E-state index is 14.9. The summed E-state index contributed by atoms with van der Waals surface area (Å²) in [5.41, 5.74) is 7.07. The Morgan fingerprint density at radius 2 is 2.04 bits per heavy atom. The number of aryl methyl sites for hydroxylation is 1. The van der Waals surface area contributed by atoms with Crippen LogP contribution in [0.4, 0.5) is 8.78 Å². The first-order valence-electron chi connectivity index (χ1n) is 8.30. The lowest BCUT2D eigenvalue weighted by molar-refractivity contribution is -0.127. The van der Waals surface area contributed by atoms with Gasteiger partial charge < -0.3 is 10.5 Å². The van der Waals surface area contributed by atoms with Gasteiger partial charge in [-0.2, -0.15) is 14.0 Å². The van der Waals surface area contributed by atoms with E-state index >= 15 is 0 Å². The summed E-state index contributed by atoms with van der Waals surface area (Å²) in [5.74, 6) is -3.16. The zero-order valence-corrected chi connectivity index (χ0v) is 13.9. The maximum Gasteiger partial charge on any atom is 0.310 e. The molecule has 0 radical (unpaired) electrons. The lowest BCUT2D eigenvalue weighted by atomic mass is 9.72. The molecule has 7 heteroatoms. The molecule has 1 atom stereocenters. The topological polar surface area (TPSA) is 84.3 Å². The van der Waals surface area contributed by atoms with Gasteiger partial charge in [0.05, 0.1) is 5.56 Å². The van der Waals surface area contributed by atoms with Gasteiger partial charge in [0.2, 0.25) is 0 Å². The molecule has 4 rings (SSSR count). The average molecular weight is 354 g/mol. The van der Waals surface area contributed by atoms with E-state index < -0.39 is 18.1 Å². The normalized spacial score (nSPS) is 23.5. The summed E-state index contributed by atoms with van der Waals surface area (Å²) in [7, 11) is 0. The monoisotopic (exact) mass is 354 g/mol. The second-order valence-electron chi connectivity index (χ2n) is 6.60. The van der Waals surface area contributed by atoms with Gasteiger partial charge in [-0.15, -0.1) is 0 Å². The lowest BCUT2D eigenvalue weighted by Crippen LogP contribution is -2.54. The minimum atomic E-state index is -3.16. The van der Waals surface area contributed by atoms with Crippen molar-refractivity contribution in [2.75, 3.05) is 6.61 Å². The van der Waals surface area contributed by atoms with E-state index in [4.69, 9.17) is 15.7 Å². The van der Waals surface area contributed by atoms with E-state index in [1.807, 2.05) is 18.2 Å². The van der Waals surface area contributed by atoms with Gasteiger partial charge in [0.15, 0.2) is 12.1 Å². The minimum absolute atomic E-state index is 0.205. The summed E-state index contributed by atoms with van der Waals surface area (Å²) < 4.78 is 34.6. The largest absolute Gasteiger partial charge is 0.459 e. The van der Waals surface area contributed by atoms with E-state index in [0.717, 1.165) is 5.56 Å². The first kappa shape index (κ1) is 16.5. The molecular formula is C19H16F2N4O. The lowest BCUT2D eigenvalue weighted by Gasteiger charge is -2.43. The van der Waals surface area contributed by atoms with E-state index in [-0.39, 0.29) is 12.4 Å². The number of amidine groups is 1. The molecule has 0 amide bonds. The van der Waals surface area contributed by atoms with Crippen molar-refractivity contribution in [3.63, 3.8) is 0 Å². The third kappa shape index (κ3) is 2.41. The number of nitrogens with two attached hydrogens (primary N) is 1. The Morgan fingerprint density at radius 3 is 2.85 bits per heavy atom. The highest BCUT2D eigenvalue weighted by atomic mass is 19.3. The van der Waals surface area contributed by atoms with E-state index in [2.05, 4.69) is 9.98 Å². The van der Waals surface area contributed by atoms with E-state index in [0.29, 0.717) is 35.1 Å².